The van der Waals surface area contributed by atoms with Crippen LogP contribution in [0.3, 0.4) is 0 Å². The normalized spacial score (nSPS) is 10.6. The Balaban J connectivity index is 1.74. The second kappa shape index (κ2) is 7.78. The van der Waals surface area contributed by atoms with Crippen LogP contribution in [0.15, 0.2) is 60.8 Å². The van der Waals surface area contributed by atoms with Gasteiger partial charge in [-0.05, 0) is 51.1 Å². The van der Waals surface area contributed by atoms with E-state index in [1.165, 1.54) is 5.56 Å². The van der Waals surface area contributed by atoms with Crippen molar-refractivity contribution in [2.24, 2.45) is 0 Å². The molecule has 132 valence electrons. The Kier molecular flexibility index (Phi) is 5.27. The number of carbonyl (C=O) groups excluding carboxylic acids is 1. The van der Waals surface area contributed by atoms with E-state index < -0.39 is 0 Å². The number of amides is 1. The molecule has 2 aromatic carbocycles. The molecule has 0 fully saturated rings. The third kappa shape index (κ3) is 4.45. The molecule has 26 heavy (non-hydrogen) atoms. The number of aryl methyl sites for hydroxylation is 1. The first kappa shape index (κ1) is 17.6. The number of nitrogens with zero attached hydrogens (tertiary/aromatic N) is 2. The number of hydrogen-bond donors (Lipinski definition) is 2. The van der Waals surface area contributed by atoms with E-state index >= 15 is 0 Å². The highest BCUT2D eigenvalue weighted by Gasteiger charge is 2.07. The maximum atomic E-state index is 12.0. The zero-order valence-corrected chi connectivity index (χ0v) is 15.2. The van der Waals surface area contributed by atoms with E-state index in [0.29, 0.717) is 11.5 Å². The van der Waals surface area contributed by atoms with Gasteiger partial charge in [0, 0.05) is 29.1 Å². The lowest BCUT2D eigenvalue weighted by Gasteiger charge is -2.10. The van der Waals surface area contributed by atoms with Crippen molar-refractivity contribution in [3.05, 3.63) is 71.9 Å². The fourth-order valence-electron chi connectivity index (χ4n) is 2.48. The van der Waals surface area contributed by atoms with Crippen molar-refractivity contribution in [3.63, 3.8) is 0 Å². The van der Waals surface area contributed by atoms with Gasteiger partial charge in [-0.2, -0.15) is 0 Å². The van der Waals surface area contributed by atoms with Crippen molar-refractivity contribution in [1.29, 1.82) is 0 Å². The van der Waals surface area contributed by atoms with Gasteiger partial charge in [0.1, 0.15) is 0 Å². The van der Waals surface area contributed by atoms with E-state index in [1.807, 2.05) is 44.2 Å². The number of rotatable bonds is 5. The summed E-state index contributed by atoms with van der Waals surface area (Å²) in [5, 5.41) is 6.05. The molecule has 0 radical (unpaired) electrons. The predicted molar refractivity (Wildman–Crippen MR) is 105 cm³/mol. The molecular weight excluding hydrogens is 324 g/mol. The van der Waals surface area contributed by atoms with Gasteiger partial charge in [0.25, 0.3) is 5.91 Å². The smallest absolute Gasteiger partial charge is 0.251 e. The minimum Gasteiger partial charge on any atom is -0.350 e. The first-order valence-corrected chi connectivity index (χ1v) is 8.59. The first-order valence-electron chi connectivity index (χ1n) is 8.59. The Labute approximate surface area is 153 Å². The van der Waals surface area contributed by atoms with Crippen LogP contribution in [0.25, 0.3) is 11.3 Å². The van der Waals surface area contributed by atoms with Crippen molar-refractivity contribution in [2.75, 3.05) is 5.32 Å². The Morgan fingerprint density at radius 2 is 1.65 bits per heavy atom. The predicted octanol–water partition coefficient (Wildman–Crippen LogP) is 4.33. The van der Waals surface area contributed by atoms with Crippen LogP contribution in [0.5, 0.6) is 0 Å². The molecule has 1 heterocycles. The maximum Gasteiger partial charge on any atom is 0.251 e. The average Bonchev–Trinajstić information content (AvgIpc) is 2.62. The zero-order chi connectivity index (χ0) is 18.5. The van der Waals surface area contributed by atoms with Gasteiger partial charge in [0.2, 0.25) is 5.95 Å². The topological polar surface area (TPSA) is 66.9 Å². The summed E-state index contributed by atoms with van der Waals surface area (Å²) in [7, 11) is 0. The highest BCUT2D eigenvalue weighted by Crippen LogP contribution is 2.20. The molecule has 1 amide bonds. The van der Waals surface area contributed by atoms with Crippen LogP contribution in [0.1, 0.15) is 29.8 Å². The molecule has 0 saturated carbocycles. The number of carbonyl (C=O) groups is 1. The molecule has 0 unspecified atom stereocenters. The Morgan fingerprint density at radius 3 is 2.31 bits per heavy atom. The largest absolute Gasteiger partial charge is 0.350 e. The molecule has 0 aliphatic carbocycles. The first-order chi connectivity index (χ1) is 12.5. The third-order valence-corrected chi connectivity index (χ3v) is 3.83. The third-order valence-electron chi connectivity index (χ3n) is 3.83. The fourth-order valence-corrected chi connectivity index (χ4v) is 2.48. The lowest BCUT2D eigenvalue weighted by atomic mass is 10.1. The molecule has 3 aromatic rings. The zero-order valence-electron chi connectivity index (χ0n) is 15.2. The van der Waals surface area contributed by atoms with Crippen molar-refractivity contribution in [3.8, 4) is 11.3 Å². The molecule has 5 heteroatoms. The SMILES string of the molecule is Cc1ccc(-c2ccnc(Nc3ccc(C(=O)NC(C)C)cc3)n2)cc1. The van der Waals surface area contributed by atoms with Crippen LogP contribution in [0.2, 0.25) is 0 Å². The molecular formula is C21H22N4O. The monoisotopic (exact) mass is 346 g/mol. The molecule has 2 N–H and O–H groups in total. The van der Waals surface area contributed by atoms with E-state index in [9.17, 15) is 4.79 Å². The molecule has 3 rings (SSSR count). The van der Waals surface area contributed by atoms with Crippen molar-refractivity contribution in [2.45, 2.75) is 26.8 Å². The van der Waals surface area contributed by atoms with Gasteiger partial charge in [0.15, 0.2) is 0 Å². The second-order valence-electron chi connectivity index (χ2n) is 6.46. The molecule has 0 saturated heterocycles. The van der Waals surface area contributed by atoms with Crippen LogP contribution in [0, 0.1) is 6.92 Å². The number of hydrogen-bond acceptors (Lipinski definition) is 4. The van der Waals surface area contributed by atoms with Crippen molar-refractivity contribution < 1.29 is 4.79 Å². The van der Waals surface area contributed by atoms with Crippen LogP contribution in [0.4, 0.5) is 11.6 Å². The summed E-state index contributed by atoms with van der Waals surface area (Å²) in [5.41, 5.74) is 4.56. The van der Waals surface area contributed by atoms with Gasteiger partial charge in [-0.1, -0.05) is 29.8 Å². The van der Waals surface area contributed by atoms with Crippen LogP contribution < -0.4 is 10.6 Å². The minimum absolute atomic E-state index is 0.0795. The summed E-state index contributed by atoms with van der Waals surface area (Å²) in [4.78, 5) is 20.8. The second-order valence-corrected chi connectivity index (χ2v) is 6.46. The highest BCUT2D eigenvalue weighted by molar-refractivity contribution is 5.94. The van der Waals surface area contributed by atoms with E-state index in [0.717, 1.165) is 16.9 Å². The average molecular weight is 346 g/mol. The van der Waals surface area contributed by atoms with Gasteiger partial charge in [-0.3, -0.25) is 4.79 Å². The standard InChI is InChI=1S/C21H22N4O/c1-14(2)23-20(26)17-8-10-18(11-9-17)24-21-22-13-12-19(25-21)16-6-4-15(3)5-7-16/h4-14H,1-3H3,(H,23,26)(H,22,24,25). The molecule has 0 atom stereocenters. The molecule has 5 nitrogen and oxygen atoms in total. The lowest BCUT2D eigenvalue weighted by Crippen LogP contribution is -2.29. The summed E-state index contributed by atoms with van der Waals surface area (Å²) < 4.78 is 0. The van der Waals surface area contributed by atoms with Crippen LogP contribution >= 0.6 is 0 Å². The Morgan fingerprint density at radius 1 is 0.962 bits per heavy atom. The van der Waals surface area contributed by atoms with E-state index in [2.05, 4.69) is 39.7 Å². The van der Waals surface area contributed by atoms with E-state index in [4.69, 9.17) is 0 Å². The molecule has 1 aromatic heterocycles. The van der Waals surface area contributed by atoms with Crippen molar-refractivity contribution >= 4 is 17.5 Å². The molecule has 0 bridgehead atoms. The van der Waals surface area contributed by atoms with Gasteiger partial charge in [-0.15, -0.1) is 0 Å². The number of nitrogens with one attached hydrogen (secondary N) is 2. The maximum absolute atomic E-state index is 12.0. The summed E-state index contributed by atoms with van der Waals surface area (Å²) in [5.74, 6) is 0.437. The number of aromatic nitrogens is 2. The van der Waals surface area contributed by atoms with E-state index in [1.54, 1.807) is 18.3 Å². The van der Waals surface area contributed by atoms with Gasteiger partial charge < -0.3 is 10.6 Å². The Hall–Kier alpha value is -3.21. The minimum atomic E-state index is -0.0795. The van der Waals surface area contributed by atoms with Gasteiger partial charge >= 0.3 is 0 Å². The lowest BCUT2D eigenvalue weighted by molar-refractivity contribution is 0.0943. The number of benzene rings is 2. The Bertz CT molecular complexity index is 887. The summed E-state index contributed by atoms with van der Waals surface area (Å²) in [6.07, 6.45) is 1.73. The highest BCUT2D eigenvalue weighted by atomic mass is 16.1. The summed E-state index contributed by atoms with van der Waals surface area (Å²) in [6, 6.07) is 17.5. The van der Waals surface area contributed by atoms with E-state index in [-0.39, 0.29) is 11.9 Å². The summed E-state index contributed by atoms with van der Waals surface area (Å²) >= 11 is 0. The number of anilines is 2. The van der Waals surface area contributed by atoms with Crippen LogP contribution in [-0.2, 0) is 0 Å². The van der Waals surface area contributed by atoms with Crippen molar-refractivity contribution in [1.82, 2.24) is 15.3 Å². The molecule has 0 aliphatic heterocycles. The molecule has 0 aliphatic rings. The fraction of sp³-hybridized carbons (Fsp3) is 0.190. The molecule has 0 spiro atoms. The summed E-state index contributed by atoms with van der Waals surface area (Å²) in [6.45, 7) is 5.93. The van der Waals surface area contributed by atoms with Gasteiger partial charge in [-0.25, -0.2) is 9.97 Å². The quantitative estimate of drug-likeness (QED) is 0.721. The van der Waals surface area contributed by atoms with Gasteiger partial charge in [0.05, 0.1) is 5.69 Å². The van der Waals surface area contributed by atoms with Crippen LogP contribution in [-0.4, -0.2) is 21.9 Å².